The Kier molecular flexibility index (Phi) is 6.75. The molecule has 208 valence electrons. The highest BCUT2D eigenvalue weighted by Gasteiger charge is 2.39. The maximum absolute atomic E-state index is 13.8. The van der Waals surface area contributed by atoms with Gasteiger partial charge in [0, 0.05) is 37.1 Å². The van der Waals surface area contributed by atoms with Gasteiger partial charge in [-0.25, -0.2) is 14.8 Å². The van der Waals surface area contributed by atoms with Gasteiger partial charge in [-0.1, -0.05) is 18.2 Å². The number of rotatable bonds is 5. The predicted octanol–water partition coefficient (Wildman–Crippen LogP) is 4.18. The van der Waals surface area contributed by atoms with E-state index in [1.54, 1.807) is 41.4 Å². The zero-order valence-corrected chi connectivity index (χ0v) is 22.9. The third-order valence-electron chi connectivity index (χ3n) is 7.34. The molecule has 0 spiro atoms. The van der Waals surface area contributed by atoms with Crippen LogP contribution in [-0.4, -0.2) is 75.8 Å². The lowest BCUT2D eigenvalue weighted by atomic mass is 10.0. The average Bonchev–Trinajstić information content (AvgIpc) is 3.23. The Balaban J connectivity index is 1.35. The first-order chi connectivity index (χ1) is 19.3. The molecule has 2 aromatic heterocycles. The number of aromatic nitrogens is 3. The highest BCUT2D eigenvalue weighted by molar-refractivity contribution is 6.03. The molecule has 3 aliphatic heterocycles. The van der Waals surface area contributed by atoms with Crippen molar-refractivity contribution < 1.29 is 19.1 Å². The molecule has 5 heterocycles. The fraction of sp³-hybridized carbons (Fsp3) is 0.414. The summed E-state index contributed by atoms with van der Waals surface area (Å²) in [6.45, 7) is 8.24. The Morgan fingerprint density at radius 3 is 2.48 bits per heavy atom. The van der Waals surface area contributed by atoms with Crippen LogP contribution in [0.25, 0.3) is 11.3 Å². The third kappa shape index (κ3) is 5.29. The highest BCUT2D eigenvalue weighted by atomic mass is 16.5. The van der Waals surface area contributed by atoms with Crippen molar-refractivity contribution in [1.29, 1.82) is 0 Å². The molecule has 2 N–H and O–H groups in total. The molecule has 0 aliphatic carbocycles. The summed E-state index contributed by atoms with van der Waals surface area (Å²) in [6.07, 6.45) is 3.96. The molecule has 2 bridgehead atoms. The minimum Gasteiger partial charge on any atom is -0.469 e. The molecule has 3 aromatic rings. The van der Waals surface area contributed by atoms with E-state index >= 15 is 0 Å². The summed E-state index contributed by atoms with van der Waals surface area (Å²) in [4.78, 5) is 44.0. The van der Waals surface area contributed by atoms with Crippen molar-refractivity contribution in [3.63, 3.8) is 0 Å². The van der Waals surface area contributed by atoms with Crippen LogP contribution >= 0.6 is 0 Å². The van der Waals surface area contributed by atoms with Crippen LogP contribution < -0.4 is 20.3 Å². The van der Waals surface area contributed by atoms with E-state index in [4.69, 9.17) is 19.4 Å². The lowest BCUT2D eigenvalue weighted by Crippen LogP contribution is -2.43. The molecule has 2 saturated heterocycles. The highest BCUT2D eigenvalue weighted by Crippen LogP contribution is 2.37. The zero-order valence-electron chi connectivity index (χ0n) is 22.9. The quantitative estimate of drug-likeness (QED) is 0.492. The van der Waals surface area contributed by atoms with Gasteiger partial charge in [0.1, 0.15) is 17.0 Å². The van der Waals surface area contributed by atoms with E-state index in [1.165, 1.54) is 0 Å². The molecule has 11 nitrogen and oxygen atoms in total. The Morgan fingerprint density at radius 1 is 1.05 bits per heavy atom. The van der Waals surface area contributed by atoms with Crippen molar-refractivity contribution in [1.82, 2.24) is 19.9 Å². The number of anilines is 3. The van der Waals surface area contributed by atoms with E-state index in [2.05, 4.69) is 20.5 Å². The van der Waals surface area contributed by atoms with E-state index in [9.17, 15) is 9.59 Å². The summed E-state index contributed by atoms with van der Waals surface area (Å²) in [6, 6.07) is 12.1. The van der Waals surface area contributed by atoms with Gasteiger partial charge in [-0.15, -0.1) is 0 Å². The van der Waals surface area contributed by atoms with Crippen LogP contribution in [0.5, 0.6) is 5.88 Å². The molecule has 3 aliphatic rings. The van der Waals surface area contributed by atoms with Gasteiger partial charge >= 0.3 is 6.03 Å². The van der Waals surface area contributed by atoms with Crippen LogP contribution in [0.4, 0.5) is 22.2 Å². The number of benzene rings is 1. The number of nitrogens with zero attached hydrogens (tertiary/aromatic N) is 5. The second-order valence-electron chi connectivity index (χ2n) is 11.0. The van der Waals surface area contributed by atoms with Crippen LogP contribution in [0, 0.1) is 0 Å². The minimum absolute atomic E-state index is 0.154. The van der Waals surface area contributed by atoms with Crippen molar-refractivity contribution >= 4 is 29.4 Å². The zero-order chi connectivity index (χ0) is 27.9. The van der Waals surface area contributed by atoms with Crippen LogP contribution in [0.3, 0.4) is 0 Å². The monoisotopic (exact) mass is 543 g/mol. The topological polar surface area (TPSA) is 122 Å². The minimum atomic E-state index is -0.626. The van der Waals surface area contributed by atoms with Crippen molar-refractivity contribution in [3.05, 3.63) is 54.2 Å². The number of carbonyl (C=O) groups is 2. The summed E-state index contributed by atoms with van der Waals surface area (Å²) in [5, 5.41) is 5.51. The van der Waals surface area contributed by atoms with Crippen molar-refractivity contribution in [2.45, 2.75) is 51.4 Å². The van der Waals surface area contributed by atoms with Gasteiger partial charge in [0.05, 0.1) is 24.4 Å². The number of amides is 3. The molecule has 0 radical (unpaired) electrons. The maximum Gasteiger partial charge on any atom is 0.324 e. The van der Waals surface area contributed by atoms with Gasteiger partial charge in [-0.3, -0.25) is 10.1 Å². The molecule has 6 rings (SSSR count). The molecule has 2 unspecified atom stereocenters. The molecular formula is C29H33N7O4. The van der Waals surface area contributed by atoms with Crippen LogP contribution in [0.2, 0.25) is 0 Å². The molecular weight excluding hydrogens is 510 g/mol. The fourth-order valence-electron chi connectivity index (χ4n) is 5.49. The van der Waals surface area contributed by atoms with E-state index in [1.807, 2.05) is 32.9 Å². The molecule has 2 atom stereocenters. The number of ether oxygens (including phenoxy) is 2. The normalized spacial score (nSPS) is 21.3. The number of likely N-dealkylation sites (N-methyl/N-ethyl adjacent to an activating group) is 1. The fourth-order valence-corrected chi connectivity index (χ4v) is 5.49. The molecule has 2 fully saturated rings. The summed E-state index contributed by atoms with van der Waals surface area (Å²) < 4.78 is 12.4. The number of hydrogen-bond donors (Lipinski definition) is 2. The van der Waals surface area contributed by atoms with E-state index in [-0.39, 0.29) is 18.1 Å². The Labute approximate surface area is 232 Å². The molecule has 0 saturated carbocycles. The lowest BCUT2D eigenvalue weighted by molar-refractivity contribution is 0.0297. The second-order valence-corrected chi connectivity index (χ2v) is 11.0. The molecule has 11 heteroatoms. The number of carbonyl (C=O) groups excluding carboxylic acids is 2. The third-order valence-corrected chi connectivity index (χ3v) is 7.34. The van der Waals surface area contributed by atoms with E-state index < -0.39 is 11.6 Å². The molecule has 40 heavy (non-hydrogen) atoms. The average molecular weight is 544 g/mol. The van der Waals surface area contributed by atoms with Gasteiger partial charge in [0.15, 0.2) is 0 Å². The van der Waals surface area contributed by atoms with Crippen LogP contribution in [0.15, 0.2) is 48.7 Å². The summed E-state index contributed by atoms with van der Waals surface area (Å²) >= 11 is 0. The standard InChI is InChI=1S/C29H33N7O4/c1-4-35-17-29(2,3)40-25-23(26(35)37)24(33-27(34-25)36-15-20-12-13-21(16-36)39-20)18-8-10-19(11-9-18)31-28(38)32-22-7-5-6-14-30-22/h5-11,14,20-21H,4,12-13,15-17H2,1-3H3,(H2,30,31,32,38). The van der Waals surface area contributed by atoms with Crippen LogP contribution in [0.1, 0.15) is 44.0 Å². The van der Waals surface area contributed by atoms with Crippen molar-refractivity contribution in [2.24, 2.45) is 0 Å². The number of pyridine rings is 1. The Bertz CT molecular complexity index is 1400. The Morgan fingerprint density at radius 2 is 1.80 bits per heavy atom. The van der Waals surface area contributed by atoms with E-state index in [0.29, 0.717) is 60.8 Å². The van der Waals surface area contributed by atoms with E-state index in [0.717, 1.165) is 18.4 Å². The SMILES string of the molecule is CCN1CC(C)(C)Oc2nc(N3CC4CCC(C3)O4)nc(-c3ccc(NC(=O)Nc4ccccn4)cc3)c2C1=O. The first-order valence-electron chi connectivity index (χ1n) is 13.7. The number of fused-ring (bicyclic) bond motifs is 3. The maximum atomic E-state index is 13.8. The number of morpholine rings is 1. The van der Waals surface area contributed by atoms with Crippen LogP contribution in [-0.2, 0) is 4.74 Å². The first-order valence-corrected chi connectivity index (χ1v) is 13.7. The molecule has 3 amide bonds. The van der Waals surface area contributed by atoms with Gasteiger partial charge in [-0.2, -0.15) is 4.98 Å². The van der Waals surface area contributed by atoms with Gasteiger partial charge in [-0.05, 0) is 57.9 Å². The predicted molar refractivity (Wildman–Crippen MR) is 151 cm³/mol. The lowest BCUT2D eigenvalue weighted by Gasteiger charge is -2.33. The smallest absolute Gasteiger partial charge is 0.324 e. The molecule has 1 aromatic carbocycles. The van der Waals surface area contributed by atoms with Gasteiger partial charge in [0.2, 0.25) is 11.8 Å². The summed E-state index contributed by atoms with van der Waals surface area (Å²) in [5.74, 6) is 1.11. The Hall–Kier alpha value is -4.25. The largest absolute Gasteiger partial charge is 0.469 e. The number of urea groups is 1. The van der Waals surface area contributed by atoms with Gasteiger partial charge < -0.3 is 24.6 Å². The van der Waals surface area contributed by atoms with Crippen molar-refractivity contribution in [2.75, 3.05) is 41.7 Å². The number of hydrogen-bond acceptors (Lipinski definition) is 8. The summed E-state index contributed by atoms with van der Waals surface area (Å²) in [5.41, 5.74) is 1.53. The summed E-state index contributed by atoms with van der Waals surface area (Å²) in [7, 11) is 0. The first kappa shape index (κ1) is 26.0. The second kappa shape index (κ2) is 10.4. The number of nitrogens with one attached hydrogen (secondary N) is 2. The van der Waals surface area contributed by atoms with Gasteiger partial charge in [0.25, 0.3) is 5.91 Å². The van der Waals surface area contributed by atoms with Crippen molar-refractivity contribution in [3.8, 4) is 17.1 Å².